The van der Waals surface area contributed by atoms with Crippen molar-refractivity contribution in [2.45, 2.75) is 39.8 Å². The van der Waals surface area contributed by atoms with Gasteiger partial charge in [-0.3, -0.25) is 0 Å². The fourth-order valence-electron chi connectivity index (χ4n) is 3.04. The van der Waals surface area contributed by atoms with Gasteiger partial charge in [0.1, 0.15) is 0 Å². The van der Waals surface area contributed by atoms with Crippen LogP contribution in [0.1, 0.15) is 35.1 Å². The normalized spacial score (nSPS) is 13.6. The Hall–Kier alpha value is -0.660. The molecule has 0 saturated heterocycles. The SMILES string of the molecule is C[Si](C)=[Zr+2].Cc1cc2c([cH-]1)C=CC=CC2C.Cc1cc2ccccc2[cH-]1.[Cl-].[Cl-]. The number of hydrogen-bond acceptors (Lipinski definition) is 0. The van der Waals surface area contributed by atoms with E-state index < -0.39 is 0 Å². The zero-order chi connectivity index (χ0) is 19.1. The minimum Gasteiger partial charge on any atom is -1.00 e. The summed E-state index contributed by atoms with van der Waals surface area (Å²) in [5.74, 6) is 0.559. The molecule has 0 aliphatic heterocycles. The maximum atomic E-state index is 2.31. The van der Waals surface area contributed by atoms with Crippen molar-refractivity contribution >= 4 is 22.3 Å². The van der Waals surface area contributed by atoms with Gasteiger partial charge in [-0.05, 0) is 5.92 Å². The Morgan fingerprint density at radius 2 is 1.54 bits per heavy atom. The summed E-state index contributed by atoms with van der Waals surface area (Å²) < 4.78 is 0. The maximum Gasteiger partial charge on any atom is -0.0427 e. The van der Waals surface area contributed by atoms with Crippen LogP contribution in [0.15, 0.2) is 66.8 Å². The van der Waals surface area contributed by atoms with Crippen LogP contribution in [0.4, 0.5) is 0 Å². The Balaban J connectivity index is 0.000000418. The molecule has 1 atom stereocenters. The predicted octanol–water partition coefficient (Wildman–Crippen LogP) is 1.06. The summed E-state index contributed by atoms with van der Waals surface area (Å²) in [6, 6.07) is 17.4. The van der Waals surface area contributed by atoms with Gasteiger partial charge in [-0.15, -0.1) is 64.4 Å². The van der Waals surface area contributed by atoms with Gasteiger partial charge < -0.3 is 24.8 Å². The Morgan fingerprint density at radius 3 is 2.18 bits per heavy atom. The number of hydrogen-bond donors (Lipinski definition) is 0. The molecule has 28 heavy (non-hydrogen) atoms. The van der Waals surface area contributed by atoms with Crippen molar-refractivity contribution in [3.63, 3.8) is 0 Å². The van der Waals surface area contributed by atoms with Crippen molar-refractivity contribution in [1.29, 1.82) is 0 Å². The number of aryl methyl sites for hydroxylation is 2. The summed E-state index contributed by atoms with van der Waals surface area (Å²) in [5.41, 5.74) is 5.76. The van der Waals surface area contributed by atoms with Crippen LogP contribution in [0.5, 0.6) is 0 Å². The number of benzene rings is 1. The van der Waals surface area contributed by atoms with E-state index in [-0.39, 0.29) is 30.2 Å². The Bertz CT molecular complexity index is 894. The molecule has 1 aliphatic rings. The Kier molecular flexibility index (Phi) is 13.2. The minimum atomic E-state index is 0. The Morgan fingerprint density at radius 1 is 0.929 bits per heavy atom. The fraction of sp³-hybridized carbons (Fsp3) is 0.250. The van der Waals surface area contributed by atoms with Crippen LogP contribution in [0.25, 0.3) is 16.8 Å². The van der Waals surface area contributed by atoms with Crippen LogP contribution >= 0.6 is 0 Å². The third-order valence-electron chi connectivity index (χ3n) is 4.14. The molecule has 0 nitrogen and oxygen atoms in total. The van der Waals surface area contributed by atoms with Crippen LogP contribution in [0.2, 0.25) is 13.1 Å². The maximum absolute atomic E-state index is 2.31. The molecule has 1 unspecified atom stereocenters. The van der Waals surface area contributed by atoms with E-state index in [4.69, 9.17) is 0 Å². The van der Waals surface area contributed by atoms with Crippen LogP contribution in [-0.2, 0) is 23.3 Å². The summed E-state index contributed by atoms with van der Waals surface area (Å²) in [6.07, 6.45) is 8.66. The molecule has 0 bridgehead atoms. The standard InChI is InChI=1S/C12H13.C10H9.C2H6Si.2ClH.Zr/c1-9-7-11-6-4-3-5-10(2)12(11)8-9;1-8-6-9-4-2-3-5-10(9)7-8;1-3-2;;;/h3-8,10H,1-2H3;2-7H,1H3;1-2H3;2*1H;/q2*-1;;;;+2/p-2. The van der Waals surface area contributed by atoms with E-state index in [2.05, 4.69) is 107 Å². The third-order valence-corrected chi connectivity index (χ3v) is 4.14. The smallest absolute Gasteiger partial charge is 0.0427 e. The van der Waals surface area contributed by atoms with Gasteiger partial charge in [0.2, 0.25) is 0 Å². The monoisotopic (exact) mass is 504 g/mol. The molecule has 0 heterocycles. The predicted molar refractivity (Wildman–Crippen MR) is 115 cm³/mol. The Labute approximate surface area is 198 Å². The quantitative estimate of drug-likeness (QED) is 0.316. The summed E-state index contributed by atoms with van der Waals surface area (Å²) in [7, 11) is 0. The van der Waals surface area contributed by atoms with Gasteiger partial charge in [0.15, 0.2) is 0 Å². The van der Waals surface area contributed by atoms with Gasteiger partial charge in [-0.1, -0.05) is 39.0 Å². The van der Waals surface area contributed by atoms with Gasteiger partial charge in [-0.2, -0.15) is 23.3 Å². The van der Waals surface area contributed by atoms with E-state index in [1.807, 2.05) is 0 Å². The van der Waals surface area contributed by atoms with E-state index in [9.17, 15) is 0 Å². The molecule has 148 valence electrons. The molecular weight excluding hydrogens is 478 g/mol. The second-order valence-corrected chi connectivity index (χ2v) is 16.5. The van der Waals surface area contributed by atoms with Crippen LogP contribution in [-0.4, -0.2) is 5.43 Å². The zero-order valence-corrected chi connectivity index (χ0v) is 22.2. The van der Waals surface area contributed by atoms with Crippen molar-refractivity contribution in [2.24, 2.45) is 0 Å². The second kappa shape index (κ2) is 13.5. The summed E-state index contributed by atoms with van der Waals surface area (Å²) in [6.45, 7) is 11.1. The van der Waals surface area contributed by atoms with E-state index in [1.165, 1.54) is 33.0 Å². The number of allylic oxidation sites excluding steroid dienone is 3. The molecule has 1 aliphatic carbocycles. The first-order valence-corrected chi connectivity index (χ1v) is 15.3. The van der Waals surface area contributed by atoms with Crippen LogP contribution in [0, 0.1) is 13.8 Å². The first-order chi connectivity index (χ1) is 12.4. The van der Waals surface area contributed by atoms with Crippen molar-refractivity contribution in [1.82, 2.24) is 0 Å². The van der Waals surface area contributed by atoms with E-state index in [1.54, 1.807) is 23.3 Å². The van der Waals surface area contributed by atoms with E-state index in [0.717, 1.165) is 0 Å². The molecule has 0 amide bonds. The van der Waals surface area contributed by atoms with E-state index >= 15 is 0 Å². The molecule has 0 fully saturated rings. The molecule has 4 rings (SSSR count). The number of fused-ring (bicyclic) bond motifs is 2. The molecule has 3 aromatic carbocycles. The molecule has 0 spiro atoms. The summed E-state index contributed by atoms with van der Waals surface area (Å²) in [5, 5.41) is 2.69. The summed E-state index contributed by atoms with van der Waals surface area (Å²) >= 11 is 1.74. The minimum absolute atomic E-state index is 0. The molecule has 0 aromatic heterocycles. The van der Waals surface area contributed by atoms with Crippen LogP contribution < -0.4 is 24.8 Å². The van der Waals surface area contributed by atoms with Gasteiger partial charge >= 0.3 is 41.9 Å². The van der Waals surface area contributed by atoms with Crippen molar-refractivity contribution in [2.75, 3.05) is 0 Å². The van der Waals surface area contributed by atoms with Crippen molar-refractivity contribution < 1.29 is 48.1 Å². The first-order valence-electron chi connectivity index (χ1n) is 9.12. The topological polar surface area (TPSA) is 0 Å². The van der Waals surface area contributed by atoms with Gasteiger partial charge in [0.25, 0.3) is 0 Å². The second-order valence-electron chi connectivity index (χ2n) is 7.14. The first kappa shape index (κ1) is 27.3. The zero-order valence-electron chi connectivity index (χ0n) is 17.3. The molecule has 3 aromatic rings. The van der Waals surface area contributed by atoms with Gasteiger partial charge in [0.05, 0.1) is 0 Å². The number of halogens is 2. The number of rotatable bonds is 0. The largest absolute Gasteiger partial charge is 1.00 e. The van der Waals surface area contributed by atoms with Crippen molar-refractivity contribution in [3.8, 4) is 0 Å². The fourth-order valence-corrected chi connectivity index (χ4v) is 3.04. The van der Waals surface area contributed by atoms with E-state index in [0.29, 0.717) is 5.92 Å². The van der Waals surface area contributed by atoms with Gasteiger partial charge in [-0.25, -0.2) is 0 Å². The van der Waals surface area contributed by atoms with Crippen LogP contribution in [0.3, 0.4) is 0 Å². The molecule has 4 heteroatoms. The summed E-state index contributed by atoms with van der Waals surface area (Å²) in [4.78, 5) is 0. The van der Waals surface area contributed by atoms with Crippen molar-refractivity contribution in [3.05, 3.63) is 89.0 Å². The average Bonchev–Trinajstić information content (AvgIpc) is 3.08. The van der Waals surface area contributed by atoms with Gasteiger partial charge in [0, 0.05) is 0 Å². The molecule has 0 radical (unpaired) electrons. The molecular formula is C24H28Cl2SiZr-2. The molecule has 0 N–H and O–H groups in total. The average molecular weight is 507 g/mol. The molecule has 0 saturated carbocycles. The third kappa shape index (κ3) is 8.78.